The monoisotopic (exact) mass is 352 g/mol. The van der Waals surface area contributed by atoms with Crippen LogP contribution in [0.2, 0.25) is 0 Å². The summed E-state index contributed by atoms with van der Waals surface area (Å²) in [6.45, 7) is 2.28. The normalized spacial score (nSPS) is 14.9. The first-order valence-corrected chi connectivity index (χ1v) is 11.5. The molecule has 2 heteroatoms. The van der Waals surface area contributed by atoms with Crippen molar-refractivity contribution < 1.29 is 9.53 Å². The van der Waals surface area contributed by atoms with Gasteiger partial charge in [-0.15, -0.1) is 0 Å². The SMILES string of the molecule is CCCCCCCCCCCCCCCCCC(=O)OC1CCCC1. The molecule has 148 valence electrons. The first-order chi connectivity index (χ1) is 12.3. The zero-order valence-electron chi connectivity index (χ0n) is 17.0. The Balaban J connectivity index is 1.71. The van der Waals surface area contributed by atoms with Gasteiger partial charge in [0.25, 0.3) is 0 Å². The third-order valence-corrected chi connectivity index (χ3v) is 5.58. The van der Waals surface area contributed by atoms with Crippen molar-refractivity contribution in [2.45, 2.75) is 141 Å². The van der Waals surface area contributed by atoms with Crippen LogP contribution in [0.3, 0.4) is 0 Å². The van der Waals surface area contributed by atoms with E-state index in [-0.39, 0.29) is 12.1 Å². The van der Waals surface area contributed by atoms with E-state index in [2.05, 4.69) is 6.92 Å². The van der Waals surface area contributed by atoms with Crippen molar-refractivity contribution in [2.75, 3.05) is 0 Å². The van der Waals surface area contributed by atoms with Crippen LogP contribution in [-0.4, -0.2) is 12.1 Å². The molecule has 0 N–H and O–H groups in total. The maximum Gasteiger partial charge on any atom is 0.306 e. The quantitative estimate of drug-likeness (QED) is 0.198. The van der Waals surface area contributed by atoms with E-state index in [1.165, 1.54) is 103 Å². The summed E-state index contributed by atoms with van der Waals surface area (Å²) in [5, 5.41) is 0. The van der Waals surface area contributed by atoms with Crippen molar-refractivity contribution in [1.29, 1.82) is 0 Å². The highest BCUT2D eigenvalue weighted by Crippen LogP contribution is 2.21. The second kappa shape index (κ2) is 16.9. The van der Waals surface area contributed by atoms with E-state index in [9.17, 15) is 4.79 Å². The first-order valence-electron chi connectivity index (χ1n) is 11.5. The fourth-order valence-corrected chi connectivity index (χ4v) is 3.89. The lowest BCUT2D eigenvalue weighted by Crippen LogP contribution is -2.14. The highest BCUT2D eigenvalue weighted by molar-refractivity contribution is 5.69. The van der Waals surface area contributed by atoms with E-state index in [1.54, 1.807) is 0 Å². The summed E-state index contributed by atoms with van der Waals surface area (Å²) in [6.07, 6.45) is 26.0. The van der Waals surface area contributed by atoms with Gasteiger partial charge in [0.1, 0.15) is 6.10 Å². The number of rotatable bonds is 17. The third-order valence-electron chi connectivity index (χ3n) is 5.58. The molecule has 0 aromatic carbocycles. The average Bonchev–Trinajstić information content (AvgIpc) is 3.11. The Morgan fingerprint density at radius 1 is 0.680 bits per heavy atom. The Kier molecular flexibility index (Phi) is 15.2. The van der Waals surface area contributed by atoms with Crippen LogP contribution < -0.4 is 0 Å². The van der Waals surface area contributed by atoms with Gasteiger partial charge in [-0.05, 0) is 32.1 Å². The zero-order valence-corrected chi connectivity index (χ0v) is 17.0. The van der Waals surface area contributed by atoms with Crippen LogP contribution in [0.1, 0.15) is 135 Å². The van der Waals surface area contributed by atoms with E-state index in [1.807, 2.05) is 0 Å². The number of hydrogen-bond donors (Lipinski definition) is 0. The molecule has 0 amide bonds. The minimum atomic E-state index is 0.0431. The summed E-state index contributed by atoms with van der Waals surface area (Å²) in [5.74, 6) is 0.0431. The maximum atomic E-state index is 11.7. The predicted molar refractivity (Wildman–Crippen MR) is 108 cm³/mol. The van der Waals surface area contributed by atoms with E-state index in [0.29, 0.717) is 6.42 Å². The summed E-state index contributed by atoms with van der Waals surface area (Å²) in [6, 6.07) is 0. The summed E-state index contributed by atoms with van der Waals surface area (Å²) in [4.78, 5) is 11.7. The van der Waals surface area contributed by atoms with Crippen LogP contribution in [0, 0.1) is 0 Å². The van der Waals surface area contributed by atoms with E-state index < -0.39 is 0 Å². The van der Waals surface area contributed by atoms with Crippen LogP contribution in [0.25, 0.3) is 0 Å². The van der Waals surface area contributed by atoms with Gasteiger partial charge in [0, 0.05) is 6.42 Å². The Morgan fingerprint density at radius 2 is 1.08 bits per heavy atom. The Labute approximate surface area is 157 Å². The highest BCUT2D eigenvalue weighted by Gasteiger charge is 2.18. The van der Waals surface area contributed by atoms with E-state index in [0.717, 1.165) is 19.3 Å². The minimum absolute atomic E-state index is 0.0431. The topological polar surface area (TPSA) is 26.3 Å². The number of ether oxygens (including phenoxy) is 1. The molecule has 1 saturated carbocycles. The molecule has 1 aliphatic rings. The largest absolute Gasteiger partial charge is 0.462 e. The van der Waals surface area contributed by atoms with Gasteiger partial charge >= 0.3 is 5.97 Å². The predicted octanol–water partition coefficient (Wildman–Crippen LogP) is 7.73. The van der Waals surface area contributed by atoms with Gasteiger partial charge in [0.15, 0.2) is 0 Å². The number of hydrogen-bond acceptors (Lipinski definition) is 2. The van der Waals surface area contributed by atoms with Gasteiger partial charge in [0.05, 0.1) is 0 Å². The Hall–Kier alpha value is -0.530. The molecule has 0 unspecified atom stereocenters. The average molecular weight is 353 g/mol. The van der Waals surface area contributed by atoms with Crippen LogP contribution in [0.15, 0.2) is 0 Å². The highest BCUT2D eigenvalue weighted by atomic mass is 16.5. The molecule has 0 spiro atoms. The van der Waals surface area contributed by atoms with Crippen molar-refractivity contribution in [3.8, 4) is 0 Å². The molecule has 0 bridgehead atoms. The molecular weight excluding hydrogens is 308 g/mol. The maximum absolute atomic E-state index is 11.7. The molecule has 0 aromatic rings. The number of carbonyl (C=O) groups is 1. The van der Waals surface area contributed by atoms with Crippen molar-refractivity contribution in [2.24, 2.45) is 0 Å². The lowest BCUT2D eigenvalue weighted by molar-refractivity contribution is -0.148. The zero-order chi connectivity index (χ0) is 18.0. The Bertz CT molecular complexity index is 294. The number of carbonyl (C=O) groups excluding carboxylic acids is 1. The van der Waals surface area contributed by atoms with Crippen molar-refractivity contribution in [3.63, 3.8) is 0 Å². The molecule has 25 heavy (non-hydrogen) atoms. The molecule has 0 saturated heterocycles. The molecule has 2 nitrogen and oxygen atoms in total. The summed E-state index contributed by atoms with van der Waals surface area (Å²) in [7, 11) is 0. The molecule has 1 aliphatic carbocycles. The lowest BCUT2D eigenvalue weighted by Gasteiger charge is -2.10. The van der Waals surface area contributed by atoms with Gasteiger partial charge < -0.3 is 4.74 Å². The smallest absolute Gasteiger partial charge is 0.306 e. The van der Waals surface area contributed by atoms with Gasteiger partial charge in [-0.2, -0.15) is 0 Å². The summed E-state index contributed by atoms with van der Waals surface area (Å²) in [5.41, 5.74) is 0. The molecule has 0 aromatic heterocycles. The van der Waals surface area contributed by atoms with Crippen molar-refractivity contribution >= 4 is 5.97 Å². The molecule has 0 radical (unpaired) electrons. The summed E-state index contributed by atoms with van der Waals surface area (Å²) < 4.78 is 5.49. The van der Waals surface area contributed by atoms with Crippen LogP contribution in [0.4, 0.5) is 0 Å². The van der Waals surface area contributed by atoms with Crippen LogP contribution in [0.5, 0.6) is 0 Å². The van der Waals surface area contributed by atoms with Gasteiger partial charge in [-0.25, -0.2) is 0 Å². The van der Waals surface area contributed by atoms with Crippen LogP contribution in [-0.2, 0) is 9.53 Å². The second-order valence-corrected chi connectivity index (χ2v) is 8.10. The molecule has 1 fully saturated rings. The van der Waals surface area contributed by atoms with Gasteiger partial charge in [0.2, 0.25) is 0 Å². The fraction of sp³-hybridized carbons (Fsp3) is 0.957. The summed E-state index contributed by atoms with van der Waals surface area (Å²) >= 11 is 0. The number of esters is 1. The molecule has 1 rings (SSSR count). The minimum Gasteiger partial charge on any atom is -0.462 e. The van der Waals surface area contributed by atoms with E-state index in [4.69, 9.17) is 4.74 Å². The molecule has 0 atom stereocenters. The fourth-order valence-electron chi connectivity index (χ4n) is 3.89. The van der Waals surface area contributed by atoms with Gasteiger partial charge in [-0.1, -0.05) is 96.8 Å². The van der Waals surface area contributed by atoms with Crippen LogP contribution >= 0.6 is 0 Å². The second-order valence-electron chi connectivity index (χ2n) is 8.10. The van der Waals surface area contributed by atoms with Gasteiger partial charge in [-0.3, -0.25) is 4.79 Å². The number of unbranched alkanes of at least 4 members (excludes halogenated alkanes) is 14. The third kappa shape index (κ3) is 14.3. The molecule has 0 heterocycles. The van der Waals surface area contributed by atoms with E-state index >= 15 is 0 Å². The molecular formula is C23H44O2. The van der Waals surface area contributed by atoms with Crippen molar-refractivity contribution in [1.82, 2.24) is 0 Å². The van der Waals surface area contributed by atoms with Crippen molar-refractivity contribution in [3.05, 3.63) is 0 Å². The molecule has 0 aliphatic heterocycles. The first kappa shape index (κ1) is 22.5. The standard InChI is InChI=1S/C23H44O2/c1-2-3-4-5-6-7-8-9-10-11-12-13-14-15-16-21-23(24)25-22-19-17-18-20-22/h22H,2-21H2,1H3. The Morgan fingerprint density at radius 3 is 1.52 bits per heavy atom. The lowest BCUT2D eigenvalue weighted by atomic mass is 10.0.